The second-order valence-electron chi connectivity index (χ2n) is 5.73. The highest BCUT2D eigenvalue weighted by Gasteiger charge is 2.54. The second-order valence-corrected chi connectivity index (χ2v) is 5.73. The van der Waals surface area contributed by atoms with Crippen LogP contribution in [0.5, 0.6) is 0 Å². The van der Waals surface area contributed by atoms with Gasteiger partial charge in [0.05, 0.1) is 5.92 Å². The van der Waals surface area contributed by atoms with E-state index < -0.39 is 23.8 Å². The van der Waals surface area contributed by atoms with Crippen molar-refractivity contribution in [2.45, 2.75) is 25.4 Å². The summed E-state index contributed by atoms with van der Waals surface area (Å²) < 4.78 is 38.1. The number of halogens is 3. The fraction of sp³-hybridized carbons (Fsp3) is 0.615. The average molecular weight is 301 g/mol. The van der Waals surface area contributed by atoms with Crippen LogP contribution in [0.2, 0.25) is 0 Å². The maximum Gasteiger partial charge on any atom is 0.433 e. The van der Waals surface area contributed by atoms with E-state index in [0.717, 1.165) is 31.5 Å². The van der Waals surface area contributed by atoms with Crippen LogP contribution in [0.3, 0.4) is 0 Å². The molecule has 0 bridgehead atoms. The molecule has 1 N–H and O–H groups in total. The Morgan fingerprint density at radius 1 is 1.43 bits per heavy atom. The average Bonchev–Trinajstić information content (AvgIpc) is 2.78. The van der Waals surface area contributed by atoms with Crippen molar-refractivity contribution < 1.29 is 23.1 Å². The topological polar surface area (TPSA) is 66.3 Å². The van der Waals surface area contributed by atoms with Gasteiger partial charge in [0, 0.05) is 24.7 Å². The number of aliphatic carboxylic acids is 1. The Hall–Kier alpha value is -1.86. The summed E-state index contributed by atoms with van der Waals surface area (Å²) in [7, 11) is 0. The van der Waals surface area contributed by atoms with E-state index in [1.54, 1.807) is 4.90 Å². The fourth-order valence-corrected chi connectivity index (χ4v) is 3.26. The molecule has 2 aliphatic rings. The van der Waals surface area contributed by atoms with E-state index in [9.17, 15) is 23.1 Å². The number of carboxylic acids is 1. The zero-order valence-electron chi connectivity index (χ0n) is 11.1. The molecule has 1 atom stereocenters. The summed E-state index contributed by atoms with van der Waals surface area (Å²) in [6, 6.07) is 0.813. The number of carbonyl (C=O) groups is 1. The number of anilines is 1. The van der Waals surface area contributed by atoms with Crippen molar-refractivity contribution in [2.24, 2.45) is 11.3 Å². The first-order valence-corrected chi connectivity index (χ1v) is 6.70. The third kappa shape index (κ3) is 2.32. The van der Waals surface area contributed by atoms with E-state index in [4.69, 9.17) is 0 Å². The van der Waals surface area contributed by atoms with Gasteiger partial charge in [0.2, 0.25) is 5.95 Å². The van der Waals surface area contributed by atoms with Gasteiger partial charge in [-0.05, 0) is 18.9 Å². The molecule has 8 heteroatoms. The van der Waals surface area contributed by atoms with E-state index in [0.29, 0.717) is 6.54 Å². The van der Waals surface area contributed by atoms with Gasteiger partial charge >= 0.3 is 12.1 Å². The van der Waals surface area contributed by atoms with E-state index in [-0.39, 0.29) is 17.9 Å². The monoisotopic (exact) mass is 301 g/mol. The van der Waals surface area contributed by atoms with Crippen molar-refractivity contribution in [3.05, 3.63) is 18.0 Å². The normalized spacial score (nSPS) is 24.1. The molecule has 1 saturated heterocycles. The maximum atomic E-state index is 12.7. The molecule has 21 heavy (non-hydrogen) atoms. The first kappa shape index (κ1) is 14.1. The van der Waals surface area contributed by atoms with Crippen LogP contribution in [-0.2, 0) is 11.0 Å². The van der Waals surface area contributed by atoms with E-state index in [2.05, 4.69) is 9.97 Å². The van der Waals surface area contributed by atoms with Crippen LogP contribution in [0, 0.1) is 11.3 Å². The zero-order chi connectivity index (χ0) is 15.3. The number of alkyl halides is 3. The van der Waals surface area contributed by atoms with Crippen LogP contribution in [0.4, 0.5) is 19.1 Å². The lowest BCUT2D eigenvalue weighted by Gasteiger charge is -2.40. The van der Waals surface area contributed by atoms with Gasteiger partial charge in [-0.3, -0.25) is 4.79 Å². The number of aromatic nitrogens is 2. The molecule has 2 fully saturated rings. The van der Waals surface area contributed by atoms with Crippen molar-refractivity contribution in [3.8, 4) is 0 Å². The Bertz CT molecular complexity index is 572. The summed E-state index contributed by atoms with van der Waals surface area (Å²) in [5.74, 6) is -1.51. The highest BCUT2D eigenvalue weighted by Crippen LogP contribution is 2.52. The molecule has 1 aliphatic heterocycles. The van der Waals surface area contributed by atoms with Crippen LogP contribution in [0.15, 0.2) is 12.3 Å². The van der Waals surface area contributed by atoms with Crippen LogP contribution < -0.4 is 4.90 Å². The summed E-state index contributed by atoms with van der Waals surface area (Å²) in [4.78, 5) is 20.3. The van der Waals surface area contributed by atoms with Crippen molar-refractivity contribution >= 4 is 11.9 Å². The third-order valence-electron chi connectivity index (χ3n) is 4.51. The van der Waals surface area contributed by atoms with Crippen LogP contribution in [-0.4, -0.2) is 34.1 Å². The van der Waals surface area contributed by atoms with E-state index in [1.807, 2.05) is 0 Å². The van der Waals surface area contributed by atoms with Gasteiger partial charge in [0.25, 0.3) is 0 Å². The Morgan fingerprint density at radius 2 is 2.14 bits per heavy atom. The summed E-state index contributed by atoms with van der Waals surface area (Å²) in [5.41, 5.74) is -1.34. The van der Waals surface area contributed by atoms with Crippen LogP contribution >= 0.6 is 0 Å². The molecule has 1 aromatic heterocycles. The third-order valence-corrected chi connectivity index (χ3v) is 4.51. The van der Waals surface area contributed by atoms with Crippen molar-refractivity contribution in [1.29, 1.82) is 0 Å². The smallest absolute Gasteiger partial charge is 0.433 e. The first-order chi connectivity index (χ1) is 9.82. The quantitative estimate of drug-likeness (QED) is 0.907. The van der Waals surface area contributed by atoms with Crippen molar-refractivity contribution in [1.82, 2.24) is 9.97 Å². The molecular weight excluding hydrogens is 287 g/mol. The largest absolute Gasteiger partial charge is 0.481 e. The predicted octanol–water partition coefficient (Wildman–Crippen LogP) is 2.19. The van der Waals surface area contributed by atoms with Crippen LogP contribution in [0.25, 0.3) is 0 Å². The van der Waals surface area contributed by atoms with E-state index >= 15 is 0 Å². The molecule has 1 spiro atoms. The lowest BCUT2D eigenvalue weighted by atomic mass is 9.63. The number of hydrogen-bond donors (Lipinski definition) is 1. The zero-order valence-corrected chi connectivity index (χ0v) is 11.1. The van der Waals surface area contributed by atoms with Gasteiger partial charge in [-0.25, -0.2) is 9.97 Å². The SMILES string of the molecule is O=C(O)[C@H]1CN(c2nccc(C(F)(F)F)n2)CC12CCC2. The lowest BCUT2D eigenvalue weighted by molar-refractivity contribution is -0.146. The van der Waals surface area contributed by atoms with Crippen LogP contribution in [0.1, 0.15) is 25.0 Å². The first-order valence-electron chi connectivity index (χ1n) is 6.70. The molecule has 2 heterocycles. The minimum atomic E-state index is -4.53. The molecule has 5 nitrogen and oxygen atoms in total. The van der Waals surface area contributed by atoms with Gasteiger partial charge in [0.15, 0.2) is 0 Å². The Labute approximate surface area is 118 Å². The highest BCUT2D eigenvalue weighted by atomic mass is 19.4. The second kappa shape index (κ2) is 4.57. The molecule has 114 valence electrons. The molecule has 1 aromatic rings. The lowest BCUT2D eigenvalue weighted by Crippen LogP contribution is -2.40. The minimum absolute atomic E-state index is 0.0418. The predicted molar refractivity (Wildman–Crippen MR) is 66.7 cm³/mol. The summed E-state index contributed by atoms with van der Waals surface area (Å²) in [6.45, 7) is 0.571. The molecule has 0 aromatic carbocycles. The maximum absolute atomic E-state index is 12.7. The summed E-state index contributed by atoms with van der Waals surface area (Å²) in [5, 5.41) is 9.31. The number of hydrogen-bond acceptors (Lipinski definition) is 4. The Morgan fingerprint density at radius 3 is 2.62 bits per heavy atom. The molecule has 0 unspecified atom stereocenters. The summed E-state index contributed by atoms with van der Waals surface area (Å²) in [6.07, 6.45) is -0.926. The minimum Gasteiger partial charge on any atom is -0.481 e. The van der Waals surface area contributed by atoms with Gasteiger partial charge in [-0.2, -0.15) is 13.2 Å². The number of carboxylic acid groups (broad SMARTS) is 1. The van der Waals surface area contributed by atoms with Gasteiger partial charge in [0.1, 0.15) is 5.69 Å². The fourth-order valence-electron chi connectivity index (χ4n) is 3.26. The Balaban J connectivity index is 1.87. The van der Waals surface area contributed by atoms with E-state index in [1.165, 1.54) is 0 Å². The Kier molecular flexibility index (Phi) is 3.07. The molecule has 0 amide bonds. The number of rotatable bonds is 2. The van der Waals surface area contributed by atoms with Gasteiger partial charge < -0.3 is 10.0 Å². The van der Waals surface area contributed by atoms with Gasteiger partial charge in [-0.1, -0.05) is 6.42 Å². The highest BCUT2D eigenvalue weighted by molar-refractivity contribution is 5.73. The number of nitrogens with zero attached hydrogens (tertiary/aromatic N) is 3. The van der Waals surface area contributed by atoms with Crippen molar-refractivity contribution in [2.75, 3.05) is 18.0 Å². The molecular formula is C13H14F3N3O2. The molecule has 1 aliphatic carbocycles. The summed E-state index contributed by atoms with van der Waals surface area (Å²) >= 11 is 0. The van der Waals surface area contributed by atoms with Gasteiger partial charge in [-0.15, -0.1) is 0 Å². The molecule has 0 radical (unpaired) electrons. The molecule has 3 rings (SSSR count). The molecule has 1 saturated carbocycles. The standard InChI is InChI=1S/C13H14F3N3O2/c14-13(15,16)9-2-5-17-11(18-9)19-6-8(10(20)21)12(7-19)3-1-4-12/h2,5,8H,1,3-4,6-7H2,(H,20,21)/t8-/m1/s1. The van der Waals surface area contributed by atoms with Crippen molar-refractivity contribution in [3.63, 3.8) is 0 Å².